The molecule has 0 spiro atoms. The van der Waals surface area contributed by atoms with Crippen molar-refractivity contribution < 1.29 is 14.3 Å². The predicted octanol–water partition coefficient (Wildman–Crippen LogP) is 7.07. The summed E-state index contributed by atoms with van der Waals surface area (Å²) in [6.07, 6.45) is 1.86. The van der Waals surface area contributed by atoms with E-state index in [1.165, 1.54) is 11.8 Å². The number of amides is 2. The smallest absolute Gasteiger partial charge is 0.267 e. The van der Waals surface area contributed by atoms with E-state index in [9.17, 15) is 9.59 Å². The summed E-state index contributed by atoms with van der Waals surface area (Å²) in [6, 6.07) is 35.9. The minimum absolute atomic E-state index is 0.0936. The van der Waals surface area contributed by atoms with Gasteiger partial charge in [0.05, 0.1) is 16.6 Å². The minimum Gasteiger partial charge on any atom is -0.484 e. The first kappa shape index (κ1) is 26.0. The Labute approximate surface area is 232 Å². The van der Waals surface area contributed by atoms with Crippen molar-refractivity contribution in [1.29, 1.82) is 0 Å². The summed E-state index contributed by atoms with van der Waals surface area (Å²) >= 11 is 1.36. The molecule has 1 aliphatic rings. The van der Waals surface area contributed by atoms with Gasteiger partial charge in [-0.1, -0.05) is 78.9 Å². The molecule has 39 heavy (non-hydrogen) atoms. The third kappa shape index (κ3) is 6.64. The van der Waals surface area contributed by atoms with Crippen molar-refractivity contribution in [2.75, 3.05) is 11.9 Å². The zero-order valence-corrected chi connectivity index (χ0v) is 22.2. The van der Waals surface area contributed by atoms with E-state index in [0.29, 0.717) is 15.8 Å². The summed E-state index contributed by atoms with van der Waals surface area (Å²) in [7, 11) is 0. The first-order valence-electron chi connectivity index (χ1n) is 12.6. The average Bonchev–Trinajstić information content (AvgIpc) is 3.27. The number of aliphatic imine (C=N–C) groups is 1. The van der Waals surface area contributed by atoms with Crippen molar-refractivity contribution in [2.45, 2.75) is 13.0 Å². The topological polar surface area (TPSA) is 71.0 Å². The van der Waals surface area contributed by atoms with E-state index in [0.717, 1.165) is 22.5 Å². The van der Waals surface area contributed by atoms with Crippen LogP contribution in [-0.2, 0) is 9.59 Å². The minimum atomic E-state index is -0.238. The van der Waals surface area contributed by atoms with Crippen molar-refractivity contribution in [3.05, 3.63) is 131 Å². The fourth-order valence-electron chi connectivity index (χ4n) is 4.08. The van der Waals surface area contributed by atoms with Crippen LogP contribution in [-0.4, -0.2) is 28.5 Å². The number of thioether (sulfide) groups is 1. The lowest BCUT2D eigenvalue weighted by Crippen LogP contribution is -2.32. The van der Waals surface area contributed by atoms with Crippen LogP contribution in [0.5, 0.6) is 5.75 Å². The number of rotatable bonds is 8. The standard InChI is InChI=1S/C32H27N3O3S/c1-23(25-11-5-2-6-12-25)35-31(37)29(39-32(35)34-27-15-9-4-10-16-27)21-24-17-19-28(20-18-24)38-22-30(36)33-26-13-7-3-8-14-26/h2-21,23H,22H2,1H3,(H,33,36)/b29-21+,34-32?/t23-/m0/s1. The van der Waals surface area contributed by atoms with E-state index in [-0.39, 0.29) is 24.5 Å². The highest BCUT2D eigenvalue weighted by Crippen LogP contribution is 2.39. The SMILES string of the molecule is C[C@@H](c1ccccc1)N1C(=O)/C(=C\c2ccc(OCC(=O)Nc3ccccc3)cc2)SC1=Nc1ccccc1. The van der Waals surface area contributed by atoms with Crippen molar-refractivity contribution in [3.63, 3.8) is 0 Å². The molecule has 1 aliphatic heterocycles. The monoisotopic (exact) mass is 533 g/mol. The Balaban J connectivity index is 1.31. The maximum absolute atomic E-state index is 13.6. The van der Waals surface area contributed by atoms with Crippen molar-refractivity contribution in [2.24, 2.45) is 4.99 Å². The van der Waals surface area contributed by atoms with Gasteiger partial charge in [-0.2, -0.15) is 0 Å². The summed E-state index contributed by atoms with van der Waals surface area (Å²) in [5, 5.41) is 3.43. The molecule has 1 atom stereocenters. The number of para-hydroxylation sites is 2. The van der Waals surface area contributed by atoms with Gasteiger partial charge in [-0.15, -0.1) is 0 Å². The summed E-state index contributed by atoms with van der Waals surface area (Å²) in [6.45, 7) is 1.91. The molecular weight excluding hydrogens is 506 g/mol. The second-order valence-corrected chi connectivity index (χ2v) is 9.88. The van der Waals surface area contributed by atoms with Crippen LogP contribution < -0.4 is 10.1 Å². The number of hydrogen-bond donors (Lipinski definition) is 1. The fourth-order valence-corrected chi connectivity index (χ4v) is 5.15. The molecule has 0 radical (unpaired) electrons. The quantitative estimate of drug-likeness (QED) is 0.246. The lowest BCUT2D eigenvalue weighted by molar-refractivity contribution is -0.123. The number of carbonyl (C=O) groups is 2. The molecule has 0 aromatic heterocycles. The van der Waals surface area contributed by atoms with Crippen LogP contribution in [0, 0.1) is 0 Å². The number of benzene rings is 4. The van der Waals surface area contributed by atoms with Gasteiger partial charge in [0, 0.05) is 5.69 Å². The molecule has 2 amide bonds. The summed E-state index contributed by atoms with van der Waals surface area (Å²) in [5.74, 6) is 0.235. The molecule has 1 heterocycles. The van der Waals surface area contributed by atoms with E-state index < -0.39 is 0 Å². The van der Waals surface area contributed by atoms with Gasteiger partial charge in [0.15, 0.2) is 11.8 Å². The predicted molar refractivity (Wildman–Crippen MR) is 158 cm³/mol. The van der Waals surface area contributed by atoms with E-state index in [4.69, 9.17) is 9.73 Å². The molecule has 0 saturated carbocycles. The fraction of sp³-hybridized carbons (Fsp3) is 0.0938. The number of hydrogen-bond acceptors (Lipinski definition) is 5. The molecule has 0 aliphatic carbocycles. The lowest BCUT2D eigenvalue weighted by atomic mass is 10.1. The van der Waals surface area contributed by atoms with Gasteiger partial charge in [0.1, 0.15) is 5.75 Å². The zero-order valence-electron chi connectivity index (χ0n) is 21.4. The highest BCUT2D eigenvalue weighted by Gasteiger charge is 2.37. The molecule has 1 N–H and O–H groups in total. The number of anilines is 1. The number of amidine groups is 1. The maximum atomic E-state index is 13.6. The molecule has 194 valence electrons. The van der Waals surface area contributed by atoms with Crippen LogP contribution in [0.2, 0.25) is 0 Å². The summed E-state index contributed by atoms with van der Waals surface area (Å²) < 4.78 is 5.63. The number of carbonyl (C=O) groups excluding carboxylic acids is 2. The van der Waals surface area contributed by atoms with Crippen molar-refractivity contribution in [1.82, 2.24) is 4.90 Å². The average molecular weight is 534 g/mol. The third-order valence-electron chi connectivity index (χ3n) is 6.09. The zero-order chi connectivity index (χ0) is 27.0. The number of ether oxygens (including phenoxy) is 1. The van der Waals surface area contributed by atoms with Crippen LogP contribution >= 0.6 is 11.8 Å². The van der Waals surface area contributed by atoms with E-state index in [1.54, 1.807) is 17.0 Å². The van der Waals surface area contributed by atoms with Gasteiger partial charge in [0.2, 0.25) is 0 Å². The summed E-state index contributed by atoms with van der Waals surface area (Å²) in [5.41, 5.74) is 3.39. The molecule has 1 saturated heterocycles. The van der Waals surface area contributed by atoms with Crippen LogP contribution in [0.15, 0.2) is 125 Å². The molecule has 4 aromatic rings. The Hall–Kier alpha value is -4.62. The third-order valence-corrected chi connectivity index (χ3v) is 7.08. The molecular formula is C32H27N3O3S. The van der Waals surface area contributed by atoms with Gasteiger partial charge in [-0.25, -0.2) is 4.99 Å². The van der Waals surface area contributed by atoms with Crippen molar-refractivity contribution >= 4 is 46.2 Å². The number of nitrogens with one attached hydrogen (secondary N) is 1. The van der Waals surface area contributed by atoms with Gasteiger partial charge in [-0.3, -0.25) is 14.5 Å². The number of nitrogens with zero attached hydrogens (tertiary/aromatic N) is 2. The lowest BCUT2D eigenvalue weighted by Gasteiger charge is -2.24. The molecule has 1 fully saturated rings. The van der Waals surface area contributed by atoms with Crippen LogP contribution in [0.25, 0.3) is 6.08 Å². The molecule has 0 bridgehead atoms. The Bertz CT molecular complexity index is 1490. The molecule has 4 aromatic carbocycles. The maximum Gasteiger partial charge on any atom is 0.267 e. The van der Waals surface area contributed by atoms with E-state index in [2.05, 4.69) is 5.32 Å². The normalized spacial score (nSPS) is 15.9. The van der Waals surface area contributed by atoms with Crippen LogP contribution in [0.4, 0.5) is 11.4 Å². The van der Waals surface area contributed by atoms with Gasteiger partial charge in [-0.05, 0) is 72.3 Å². The molecule has 6 nitrogen and oxygen atoms in total. The van der Waals surface area contributed by atoms with Crippen LogP contribution in [0.1, 0.15) is 24.1 Å². The highest BCUT2D eigenvalue weighted by molar-refractivity contribution is 8.18. The Morgan fingerprint density at radius 3 is 2.18 bits per heavy atom. The molecule has 5 rings (SSSR count). The summed E-state index contributed by atoms with van der Waals surface area (Å²) in [4.78, 5) is 32.9. The van der Waals surface area contributed by atoms with Gasteiger partial charge in [0.25, 0.3) is 11.8 Å². The van der Waals surface area contributed by atoms with Gasteiger partial charge >= 0.3 is 0 Å². The van der Waals surface area contributed by atoms with E-state index >= 15 is 0 Å². The largest absolute Gasteiger partial charge is 0.484 e. The molecule has 0 unspecified atom stereocenters. The van der Waals surface area contributed by atoms with Crippen LogP contribution in [0.3, 0.4) is 0 Å². The Kier molecular flexibility index (Phi) is 8.19. The second kappa shape index (κ2) is 12.3. The Morgan fingerprint density at radius 2 is 1.51 bits per heavy atom. The highest BCUT2D eigenvalue weighted by atomic mass is 32.2. The first-order chi connectivity index (χ1) is 19.1. The first-order valence-corrected chi connectivity index (χ1v) is 13.4. The second-order valence-electron chi connectivity index (χ2n) is 8.87. The van der Waals surface area contributed by atoms with Gasteiger partial charge < -0.3 is 10.1 Å². The Morgan fingerprint density at radius 1 is 0.897 bits per heavy atom. The van der Waals surface area contributed by atoms with Crippen molar-refractivity contribution in [3.8, 4) is 5.75 Å². The molecule has 7 heteroatoms. The van der Waals surface area contributed by atoms with E-state index in [1.807, 2.05) is 116 Å².